The maximum atomic E-state index is 12.7. The van der Waals surface area contributed by atoms with Crippen LogP contribution in [-0.2, 0) is 11.8 Å². The SMILES string of the molecule is Cn1ncc(NC2CCNCC2)c1C(=O)N1CCOCC1. The van der Waals surface area contributed by atoms with E-state index in [2.05, 4.69) is 15.7 Å². The highest BCUT2D eigenvalue weighted by Crippen LogP contribution is 2.20. The summed E-state index contributed by atoms with van der Waals surface area (Å²) >= 11 is 0. The highest BCUT2D eigenvalue weighted by molar-refractivity contribution is 5.98. The summed E-state index contributed by atoms with van der Waals surface area (Å²) in [6.45, 7) is 4.56. The zero-order valence-corrected chi connectivity index (χ0v) is 12.5. The number of ether oxygens (including phenoxy) is 1. The monoisotopic (exact) mass is 293 g/mol. The van der Waals surface area contributed by atoms with E-state index in [0.717, 1.165) is 31.6 Å². The van der Waals surface area contributed by atoms with Gasteiger partial charge in [-0.3, -0.25) is 9.48 Å². The minimum absolute atomic E-state index is 0.0368. The Kier molecular flexibility index (Phi) is 4.40. The first-order valence-corrected chi connectivity index (χ1v) is 7.62. The number of piperidine rings is 1. The summed E-state index contributed by atoms with van der Waals surface area (Å²) in [7, 11) is 1.82. The number of hydrogen-bond acceptors (Lipinski definition) is 5. The second kappa shape index (κ2) is 6.44. The number of anilines is 1. The molecule has 116 valence electrons. The lowest BCUT2D eigenvalue weighted by atomic mass is 10.1. The Hall–Kier alpha value is -1.60. The largest absolute Gasteiger partial charge is 0.379 e. The van der Waals surface area contributed by atoms with Crippen LogP contribution in [0.2, 0.25) is 0 Å². The molecule has 3 rings (SSSR count). The molecule has 0 aliphatic carbocycles. The van der Waals surface area contributed by atoms with Gasteiger partial charge in [0.15, 0.2) is 0 Å². The lowest BCUT2D eigenvalue weighted by molar-refractivity contribution is 0.0296. The van der Waals surface area contributed by atoms with E-state index in [0.29, 0.717) is 38.0 Å². The summed E-state index contributed by atoms with van der Waals surface area (Å²) in [5.41, 5.74) is 1.50. The maximum Gasteiger partial charge on any atom is 0.274 e. The third-order valence-electron chi connectivity index (χ3n) is 4.14. The number of aromatic nitrogens is 2. The van der Waals surface area contributed by atoms with E-state index in [-0.39, 0.29) is 5.91 Å². The summed E-state index contributed by atoms with van der Waals surface area (Å²) in [5.74, 6) is 0.0368. The van der Waals surface area contributed by atoms with Crippen LogP contribution in [0.25, 0.3) is 0 Å². The summed E-state index contributed by atoms with van der Waals surface area (Å²) in [6, 6.07) is 0.409. The summed E-state index contributed by atoms with van der Waals surface area (Å²) in [6.07, 6.45) is 3.90. The van der Waals surface area contributed by atoms with Crippen molar-refractivity contribution in [3.8, 4) is 0 Å². The van der Waals surface area contributed by atoms with E-state index >= 15 is 0 Å². The summed E-state index contributed by atoms with van der Waals surface area (Å²) < 4.78 is 6.98. The van der Waals surface area contributed by atoms with E-state index in [9.17, 15) is 4.79 Å². The smallest absolute Gasteiger partial charge is 0.274 e. The van der Waals surface area contributed by atoms with Crippen LogP contribution >= 0.6 is 0 Å². The lowest BCUT2D eigenvalue weighted by Crippen LogP contribution is -2.42. The van der Waals surface area contributed by atoms with Crippen molar-refractivity contribution in [3.05, 3.63) is 11.9 Å². The van der Waals surface area contributed by atoms with E-state index in [1.54, 1.807) is 10.9 Å². The zero-order valence-electron chi connectivity index (χ0n) is 12.5. The molecule has 0 aromatic carbocycles. The molecule has 1 aromatic heterocycles. The minimum Gasteiger partial charge on any atom is -0.379 e. The van der Waals surface area contributed by atoms with Crippen LogP contribution in [0.4, 0.5) is 5.69 Å². The molecule has 0 bridgehead atoms. The van der Waals surface area contributed by atoms with Crippen LogP contribution in [0.3, 0.4) is 0 Å². The van der Waals surface area contributed by atoms with Gasteiger partial charge in [-0.1, -0.05) is 0 Å². The van der Waals surface area contributed by atoms with E-state index in [1.807, 2.05) is 11.9 Å². The van der Waals surface area contributed by atoms with Gasteiger partial charge in [0.1, 0.15) is 5.69 Å². The molecule has 2 N–H and O–H groups in total. The predicted octanol–water partition coefficient (Wildman–Crippen LogP) is 0.0564. The van der Waals surface area contributed by atoms with Crippen molar-refractivity contribution in [2.24, 2.45) is 7.05 Å². The molecular weight excluding hydrogens is 270 g/mol. The van der Waals surface area contributed by atoms with Gasteiger partial charge in [-0.05, 0) is 25.9 Å². The Morgan fingerprint density at radius 3 is 2.81 bits per heavy atom. The molecule has 2 saturated heterocycles. The number of aryl methyl sites for hydroxylation is 1. The van der Waals surface area contributed by atoms with Crippen LogP contribution in [0.1, 0.15) is 23.3 Å². The number of amides is 1. The second-order valence-corrected chi connectivity index (χ2v) is 5.60. The van der Waals surface area contributed by atoms with Crippen molar-refractivity contribution >= 4 is 11.6 Å². The molecule has 0 radical (unpaired) electrons. The van der Waals surface area contributed by atoms with Gasteiger partial charge in [0.05, 0.1) is 25.1 Å². The van der Waals surface area contributed by atoms with Gasteiger partial charge < -0.3 is 20.3 Å². The highest BCUT2D eigenvalue weighted by atomic mass is 16.5. The highest BCUT2D eigenvalue weighted by Gasteiger charge is 2.25. The van der Waals surface area contributed by atoms with Crippen LogP contribution < -0.4 is 10.6 Å². The molecule has 21 heavy (non-hydrogen) atoms. The molecule has 0 atom stereocenters. The predicted molar refractivity (Wildman–Crippen MR) is 79.4 cm³/mol. The maximum absolute atomic E-state index is 12.7. The molecule has 3 heterocycles. The van der Waals surface area contributed by atoms with Gasteiger partial charge in [-0.25, -0.2) is 0 Å². The third-order valence-corrected chi connectivity index (χ3v) is 4.14. The molecule has 2 aliphatic rings. The Morgan fingerprint density at radius 1 is 1.38 bits per heavy atom. The van der Waals surface area contributed by atoms with Crippen molar-refractivity contribution < 1.29 is 9.53 Å². The van der Waals surface area contributed by atoms with Crippen LogP contribution in [0.5, 0.6) is 0 Å². The number of rotatable bonds is 3. The Labute approximate surface area is 124 Å². The molecule has 7 nitrogen and oxygen atoms in total. The lowest BCUT2D eigenvalue weighted by Gasteiger charge is -2.28. The molecule has 2 fully saturated rings. The van der Waals surface area contributed by atoms with E-state index in [4.69, 9.17) is 4.74 Å². The molecule has 1 amide bonds. The number of nitrogens with zero attached hydrogens (tertiary/aromatic N) is 3. The van der Waals surface area contributed by atoms with Gasteiger partial charge in [0, 0.05) is 26.2 Å². The quantitative estimate of drug-likeness (QED) is 0.824. The average Bonchev–Trinajstić information content (AvgIpc) is 2.89. The molecule has 7 heteroatoms. The number of nitrogens with one attached hydrogen (secondary N) is 2. The molecule has 0 saturated carbocycles. The summed E-state index contributed by atoms with van der Waals surface area (Å²) in [4.78, 5) is 14.5. The van der Waals surface area contributed by atoms with Crippen molar-refractivity contribution in [3.63, 3.8) is 0 Å². The first kappa shape index (κ1) is 14.3. The standard InChI is InChI=1S/C14H23N5O2/c1-18-13(14(20)19-6-8-21-9-7-19)12(10-16-18)17-11-2-4-15-5-3-11/h10-11,15,17H,2-9H2,1H3. The fourth-order valence-corrected chi connectivity index (χ4v) is 2.90. The molecule has 0 spiro atoms. The Balaban J connectivity index is 1.74. The number of carbonyl (C=O) groups is 1. The van der Waals surface area contributed by atoms with Gasteiger partial charge in [0.2, 0.25) is 0 Å². The zero-order chi connectivity index (χ0) is 14.7. The van der Waals surface area contributed by atoms with E-state index in [1.165, 1.54) is 0 Å². The minimum atomic E-state index is 0.0368. The molecule has 1 aromatic rings. The van der Waals surface area contributed by atoms with Crippen LogP contribution in [0, 0.1) is 0 Å². The normalized spacial score (nSPS) is 20.5. The number of carbonyl (C=O) groups excluding carboxylic acids is 1. The Morgan fingerprint density at radius 2 is 2.10 bits per heavy atom. The topological polar surface area (TPSA) is 71.4 Å². The van der Waals surface area contributed by atoms with Gasteiger partial charge in [-0.2, -0.15) is 5.10 Å². The fraction of sp³-hybridized carbons (Fsp3) is 0.714. The van der Waals surface area contributed by atoms with Gasteiger partial charge in [0.25, 0.3) is 5.91 Å². The third kappa shape index (κ3) is 3.19. The van der Waals surface area contributed by atoms with Gasteiger partial charge in [-0.15, -0.1) is 0 Å². The van der Waals surface area contributed by atoms with Crippen LogP contribution in [0.15, 0.2) is 6.20 Å². The summed E-state index contributed by atoms with van der Waals surface area (Å²) in [5, 5.41) is 11.1. The first-order chi connectivity index (χ1) is 10.3. The Bertz CT molecular complexity index is 490. The van der Waals surface area contributed by atoms with Crippen molar-refractivity contribution in [1.82, 2.24) is 20.0 Å². The van der Waals surface area contributed by atoms with Crippen molar-refractivity contribution in [2.75, 3.05) is 44.7 Å². The first-order valence-electron chi connectivity index (χ1n) is 7.62. The average molecular weight is 293 g/mol. The van der Waals surface area contributed by atoms with Crippen molar-refractivity contribution in [2.45, 2.75) is 18.9 Å². The van der Waals surface area contributed by atoms with Crippen LogP contribution in [-0.4, -0.2) is 66.0 Å². The molecule has 2 aliphatic heterocycles. The number of hydrogen-bond donors (Lipinski definition) is 2. The van der Waals surface area contributed by atoms with Gasteiger partial charge >= 0.3 is 0 Å². The number of morpholine rings is 1. The fourth-order valence-electron chi connectivity index (χ4n) is 2.90. The molecular formula is C14H23N5O2. The van der Waals surface area contributed by atoms with E-state index < -0.39 is 0 Å². The molecule has 0 unspecified atom stereocenters. The second-order valence-electron chi connectivity index (χ2n) is 5.60. The van der Waals surface area contributed by atoms with Crippen molar-refractivity contribution in [1.29, 1.82) is 0 Å².